The fourth-order valence-corrected chi connectivity index (χ4v) is 3.47. The average molecular weight is 396 g/mol. The number of hydrogen-bond donors (Lipinski definition) is 3. The van der Waals surface area contributed by atoms with E-state index in [0.29, 0.717) is 28.8 Å². The van der Waals surface area contributed by atoms with E-state index in [0.717, 1.165) is 5.69 Å². The van der Waals surface area contributed by atoms with Gasteiger partial charge in [-0.1, -0.05) is 6.92 Å². The van der Waals surface area contributed by atoms with Crippen LogP contribution in [0.1, 0.15) is 6.92 Å². The Bertz CT molecular complexity index is 868. The number of hydrogen-bond acceptors (Lipinski definition) is 5. The highest BCUT2D eigenvalue weighted by atomic mass is 32.2. The highest BCUT2D eigenvalue weighted by Gasteiger charge is 2.12. The normalized spacial score (nSPS) is 10.9. The molecule has 0 saturated carbocycles. The van der Waals surface area contributed by atoms with Gasteiger partial charge < -0.3 is 20.1 Å². The lowest BCUT2D eigenvalue weighted by molar-refractivity contribution is 0.355. The van der Waals surface area contributed by atoms with Gasteiger partial charge in [0.15, 0.2) is 16.6 Å². The molecular formula is C17H21N3O4S2. The van der Waals surface area contributed by atoms with Gasteiger partial charge in [-0.2, -0.15) is 0 Å². The van der Waals surface area contributed by atoms with Crippen LogP contribution in [0.3, 0.4) is 0 Å². The van der Waals surface area contributed by atoms with Gasteiger partial charge in [-0.25, -0.2) is 13.1 Å². The van der Waals surface area contributed by atoms with Crippen molar-refractivity contribution in [3.63, 3.8) is 0 Å². The van der Waals surface area contributed by atoms with Crippen LogP contribution in [0, 0.1) is 0 Å². The molecule has 0 aliphatic heterocycles. The molecule has 0 bridgehead atoms. The third kappa shape index (κ3) is 5.07. The van der Waals surface area contributed by atoms with Gasteiger partial charge in [-0.05, 0) is 48.6 Å². The first-order chi connectivity index (χ1) is 12.4. The molecule has 7 nitrogen and oxygen atoms in total. The minimum atomic E-state index is -3.47. The van der Waals surface area contributed by atoms with Gasteiger partial charge in [0.1, 0.15) is 0 Å². The van der Waals surface area contributed by atoms with E-state index >= 15 is 0 Å². The molecule has 0 aliphatic carbocycles. The second-order valence-electron chi connectivity index (χ2n) is 5.17. The van der Waals surface area contributed by atoms with Crippen molar-refractivity contribution in [3.8, 4) is 11.5 Å². The van der Waals surface area contributed by atoms with Gasteiger partial charge in [0, 0.05) is 24.0 Å². The molecule has 0 aromatic heterocycles. The number of nitrogens with one attached hydrogen (secondary N) is 3. The van der Waals surface area contributed by atoms with Gasteiger partial charge in [-0.15, -0.1) is 0 Å². The van der Waals surface area contributed by atoms with Gasteiger partial charge in [0.25, 0.3) is 0 Å². The Labute approximate surface area is 158 Å². The molecule has 9 heteroatoms. The van der Waals surface area contributed by atoms with Crippen molar-refractivity contribution in [2.24, 2.45) is 0 Å². The lowest BCUT2D eigenvalue weighted by Gasteiger charge is -2.13. The first kappa shape index (κ1) is 20.0. The summed E-state index contributed by atoms with van der Waals surface area (Å²) in [6.07, 6.45) is 0. The predicted molar refractivity (Wildman–Crippen MR) is 107 cm³/mol. The van der Waals surface area contributed by atoms with E-state index in [1.165, 1.54) is 12.1 Å². The molecule has 0 aliphatic rings. The van der Waals surface area contributed by atoms with Crippen molar-refractivity contribution in [2.45, 2.75) is 11.8 Å². The summed E-state index contributed by atoms with van der Waals surface area (Å²) < 4.78 is 36.7. The topological polar surface area (TPSA) is 88.7 Å². The molecule has 0 unspecified atom stereocenters. The van der Waals surface area contributed by atoms with Crippen molar-refractivity contribution < 1.29 is 17.9 Å². The van der Waals surface area contributed by atoms with Gasteiger partial charge in [0.05, 0.1) is 19.1 Å². The minimum absolute atomic E-state index is 0.198. The maximum Gasteiger partial charge on any atom is 0.240 e. The second-order valence-corrected chi connectivity index (χ2v) is 7.35. The van der Waals surface area contributed by atoms with Crippen LogP contribution in [0.15, 0.2) is 47.4 Å². The maximum atomic E-state index is 11.9. The molecule has 26 heavy (non-hydrogen) atoms. The predicted octanol–water partition coefficient (Wildman–Crippen LogP) is 2.81. The molecule has 0 spiro atoms. The lowest BCUT2D eigenvalue weighted by atomic mass is 10.2. The monoisotopic (exact) mass is 395 g/mol. The second kappa shape index (κ2) is 8.84. The van der Waals surface area contributed by atoms with Gasteiger partial charge >= 0.3 is 0 Å². The van der Waals surface area contributed by atoms with Crippen LogP contribution in [-0.2, 0) is 10.0 Å². The molecule has 2 rings (SSSR count). The van der Waals surface area contributed by atoms with Crippen molar-refractivity contribution in [1.82, 2.24) is 4.72 Å². The summed E-state index contributed by atoms with van der Waals surface area (Å²) in [5.74, 6) is 1.20. The van der Waals surface area contributed by atoms with E-state index < -0.39 is 10.0 Å². The molecule has 140 valence electrons. The summed E-state index contributed by atoms with van der Waals surface area (Å²) in [6, 6.07) is 11.7. The number of anilines is 2. The molecule has 0 fully saturated rings. The fraction of sp³-hybridized carbons (Fsp3) is 0.235. The minimum Gasteiger partial charge on any atom is -0.493 e. The SMILES string of the molecule is CCNS(=O)(=O)c1ccc(NC(=S)Nc2ccc(OC)c(OC)c2)cc1. The summed E-state index contributed by atoms with van der Waals surface area (Å²) in [5.41, 5.74) is 1.39. The average Bonchev–Trinajstić information content (AvgIpc) is 2.62. The van der Waals surface area contributed by atoms with Crippen LogP contribution in [0.25, 0.3) is 0 Å². The molecule has 2 aromatic rings. The largest absolute Gasteiger partial charge is 0.493 e. The zero-order valence-corrected chi connectivity index (χ0v) is 16.3. The number of rotatable bonds is 7. The van der Waals surface area contributed by atoms with E-state index in [-0.39, 0.29) is 4.90 Å². The van der Waals surface area contributed by atoms with E-state index in [1.807, 2.05) is 0 Å². The van der Waals surface area contributed by atoms with Crippen molar-refractivity contribution in [1.29, 1.82) is 0 Å². The molecule has 3 N–H and O–H groups in total. The Morgan fingerprint density at radius 2 is 1.54 bits per heavy atom. The molecule has 0 radical (unpaired) electrons. The van der Waals surface area contributed by atoms with Crippen molar-refractivity contribution >= 4 is 38.7 Å². The Balaban J connectivity index is 2.04. The number of thiocarbonyl (C=S) groups is 1. The van der Waals surface area contributed by atoms with E-state index in [1.54, 1.807) is 51.5 Å². The van der Waals surface area contributed by atoms with E-state index in [9.17, 15) is 8.42 Å². The molecule has 0 amide bonds. The number of sulfonamides is 1. The Morgan fingerprint density at radius 3 is 2.12 bits per heavy atom. The van der Waals surface area contributed by atoms with Crippen molar-refractivity contribution in [2.75, 3.05) is 31.4 Å². The third-order valence-electron chi connectivity index (χ3n) is 3.40. The van der Waals surface area contributed by atoms with E-state index in [2.05, 4.69) is 15.4 Å². The molecule has 0 saturated heterocycles. The Kier molecular flexibility index (Phi) is 6.78. The highest BCUT2D eigenvalue weighted by Crippen LogP contribution is 2.29. The summed E-state index contributed by atoms with van der Waals surface area (Å²) >= 11 is 5.28. The third-order valence-corrected chi connectivity index (χ3v) is 5.16. The van der Waals surface area contributed by atoms with Crippen LogP contribution >= 0.6 is 12.2 Å². The zero-order valence-electron chi connectivity index (χ0n) is 14.7. The molecule has 0 heterocycles. The number of ether oxygens (including phenoxy) is 2. The quantitative estimate of drug-likeness (QED) is 0.621. The lowest BCUT2D eigenvalue weighted by Crippen LogP contribution is -2.23. The number of benzene rings is 2. The van der Waals surface area contributed by atoms with Crippen molar-refractivity contribution in [3.05, 3.63) is 42.5 Å². The van der Waals surface area contributed by atoms with Gasteiger partial charge in [-0.3, -0.25) is 0 Å². The Hall–Kier alpha value is -2.36. The van der Waals surface area contributed by atoms with Crippen LogP contribution in [0.5, 0.6) is 11.5 Å². The highest BCUT2D eigenvalue weighted by molar-refractivity contribution is 7.89. The van der Waals surface area contributed by atoms with Gasteiger partial charge in [0.2, 0.25) is 10.0 Å². The summed E-state index contributed by atoms with van der Waals surface area (Å²) in [6.45, 7) is 2.06. The summed E-state index contributed by atoms with van der Waals surface area (Å²) in [7, 11) is -0.347. The zero-order chi connectivity index (χ0) is 19.2. The first-order valence-electron chi connectivity index (χ1n) is 7.79. The van der Waals surface area contributed by atoms with Crippen LogP contribution in [-0.4, -0.2) is 34.3 Å². The van der Waals surface area contributed by atoms with E-state index in [4.69, 9.17) is 21.7 Å². The molecule has 0 atom stereocenters. The molecule has 2 aromatic carbocycles. The smallest absolute Gasteiger partial charge is 0.240 e. The van der Waals surface area contributed by atoms with Crippen LogP contribution in [0.4, 0.5) is 11.4 Å². The maximum absolute atomic E-state index is 11.9. The van der Waals surface area contributed by atoms with Crippen LogP contribution < -0.4 is 24.8 Å². The standard InChI is InChI=1S/C17H21N3O4S2/c1-4-18-26(21,22)14-8-5-12(6-9-14)19-17(25)20-13-7-10-15(23-2)16(11-13)24-3/h5-11,18H,4H2,1-3H3,(H2,19,20,25). The molecular weight excluding hydrogens is 374 g/mol. The number of methoxy groups -OCH3 is 2. The van der Waals surface area contributed by atoms with Crippen LogP contribution in [0.2, 0.25) is 0 Å². The summed E-state index contributed by atoms with van der Waals surface area (Å²) in [4.78, 5) is 0.198. The first-order valence-corrected chi connectivity index (χ1v) is 9.68. The Morgan fingerprint density at radius 1 is 0.962 bits per heavy atom. The summed E-state index contributed by atoms with van der Waals surface area (Å²) in [5, 5.41) is 6.40. The fourth-order valence-electron chi connectivity index (χ4n) is 2.20.